The average Bonchev–Trinajstić information content (AvgIpc) is 2.88. The van der Waals surface area contributed by atoms with E-state index in [2.05, 4.69) is 0 Å². The molecule has 84 heavy (non-hydrogen) atoms. The predicted octanol–water partition coefficient (Wildman–Crippen LogP) is 1.53. The fourth-order valence-corrected chi connectivity index (χ4v) is 12.2. The number of ether oxygens (including phenoxy) is 13. The van der Waals surface area contributed by atoms with Crippen LogP contribution in [0.1, 0.15) is 123 Å². The number of Topliss-reactive ketones (excluding diaryl/α,β-unsaturated/α-hetero) is 2. The molecule has 2 aromatic rings. The Hall–Kier alpha value is -4.30. The van der Waals surface area contributed by atoms with Crippen LogP contribution >= 0.6 is 0 Å². The normalized spacial score (nSPS) is 39.5. The summed E-state index contributed by atoms with van der Waals surface area (Å²) in [6.45, 7) is 16.7. The highest BCUT2D eigenvalue weighted by Crippen LogP contribution is 2.48. The number of aliphatic hydroxyl groups excluding tert-OH is 6. The monoisotopic (exact) mass is 1200 g/mol. The molecule has 472 valence electrons. The molecule has 5 fully saturated rings. The number of fused-ring (bicyclic) bond motifs is 2. The molecule has 6 aliphatic rings. The first-order chi connectivity index (χ1) is 39.4. The first-order valence-corrected chi connectivity index (χ1v) is 28.7. The van der Waals surface area contributed by atoms with Gasteiger partial charge in [-0.25, -0.2) is 0 Å². The van der Waals surface area contributed by atoms with E-state index in [9.17, 15) is 60.3 Å². The number of hydrogen-bond donors (Lipinski definition) is 9. The lowest BCUT2D eigenvalue weighted by atomic mass is 9.75. The van der Waals surface area contributed by atoms with Gasteiger partial charge in [-0.3, -0.25) is 19.2 Å². The van der Waals surface area contributed by atoms with Crippen LogP contribution in [0.4, 0.5) is 0 Å². The van der Waals surface area contributed by atoms with E-state index in [1.54, 1.807) is 41.5 Å². The summed E-state index contributed by atoms with van der Waals surface area (Å²) in [5, 5.41) is 100. The van der Waals surface area contributed by atoms with Crippen LogP contribution in [-0.4, -0.2) is 223 Å². The molecule has 0 spiro atoms. The second-order valence-electron chi connectivity index (χ2n) is 23.9. The van der Waals surface area contributed by atoms with Crippen LogP contribution in [0.3, 0.4) is 0 Å². The number of ketones is 2. The first kappa shape index (κ1) is 65.7. The molecule has 26 nitrogen and oxygen atoms in total. The number of benzene rings is 2. The lowest BCUT2D eigenvalue weighted by molar-refractivity contribution is -0.334. The van der Waals surface area contributed by atoms with E-state index in [-0.39, 0.29) is 71.7 Å². The van der Waals surface area contributed by atoms with Gasteiger partial charge in [0.05, 0.1) is 71.8 Å². The van der Waals surface area contributed by atoms with Crippen molar-refractivity contribution < 1.29 is 127 Å². The van der Waals surface area contributed by atoms with Crippen LogP contribution in [0, 0.1) is 18.8 Å². The topological polar surface area (TPSA) is 370 Å². The molecular weight excluding hydrogens is 1110 g/mol. The highest BCUT2D eigenvalue weighted by Gasteiger charge is 2.53. The molecule has 5 heterocycles. The van der Waals surface area contributed by atoms with Gasteiger partial charge in [-0.2, -0.15) is 0 Å². The minimum atomic E-state index is -1.97. The zero-order valence-electron chi connectivity index (χ0n) is 49.3. The van der Waals surface area contributed by atoms with Crippen LogP contribution < -0.4 is 4.74 Å². The van der Waals surface area contributed by atoms with Gasteiger partial charge in [-0.1, -0.05) is 13.8 Å². The second-order valence-corrected chi connectivity index (χ2v) is 23.9. The zero-order valence-corrected chi connectivity index (χ0v) is 49.3. The Morgan fingerprint density at radius 2 is 1.23 bits per heavy atom. The molecule has 1 aliphatic carbocycles. The molecule has 9 N–H and O–H groups in total. The van der Waals surface area contributed by atoms with Crippen molar-refractivity contribution in [3.8, 4) is 17.2 Å². The molecule has 0 aromatic heterocycles. The van der Waals surface area contributed by atoms with E-state index >= 15 is 4.79 Å². The molecule has 25 atom stereocenters. The zero-order chi connectivity index (χ0) is 61.7. The van der Waals surface area contributed by atoms with Crippen LogP contribution in [0.5, 0.6) is 17.2 Å². The smallest absolute Gasteiger partial charge is 0.308 e. The van der Waals surface area contributed by atoms with E-state index in [0.717, 1.165) is 0 Å². The minimum Gasteiger partial charge on any atom is -0.507 e. The standard InChI is InChI=1S/C58H84O26/c1-21(2)57(70)84-56-28(9)77-42(20-58(56,11)71)81-36-17-39(74-25(6)49(36)66)80-35-18-41(75-26(7)48(35)65)83-55-32(54(72-12)52(69)46(63)23(4)59)14-30-13-31-15-34(22(3)45(62)43(31)50(67)44(30)51(55)68)79-40-19-37(53(27(8)76-40)78-29(10)60)82-38-16-33(61)47(64)24(5)73-38/h13,15,21,23-28,32-33,35-42,46-49,53-56,59,61-67,71H,14,16-20H2,1-12H3/t23-,24-,25-,26+,27-,28+,32+,33-,35-,36-,37-,38-,39-,40+,41?,42+,46+,47+,48-,49-,53+,54+,55+,56+,58+/m1/s1. The summed E-state index contributed by atoms with van der Waals surface area (Å²) in [6.07, 6.45) is -27.4. The maximum atomic E-state index is 15.1. The SMILES string of the molecule is CO[C@H](C(=O)[C@@H](O)[C@@H](C)O)[C@@H]1Cc2cc3cc(O[C@H]4C[C@@H](O[C@@H]5C[C@@H](O)[C@@H](O)[C@@H](C)O5)[C@@H](OC(C)=O)[C@@H](C)O4)c(C)c(O)c3c(O)c2C(=O)[C@H]1OC1C[C@@H](O[C@@H]2C[C@@H](O[C@H]3C[C@](C)(O)[C@@H](OC(=O)C(C)C)[C@H](C)O3)[C@H](O)[C@@H](C)O2)[C@H](O)[C@H](C)O1. The number of carbonyl (C=O) groups is 4. The van der Waals surface area contributed by atoms with Gasteiger partial charge >= 0.3 is 11.9 Å². The Morgan fingerprint density at radius 1 is 0.690 bits per heavy atom. The molecule has 0 amide bonds. The Bertz CT molecular complexity index is 2650. The molecule has 8 rings (SSSR count). The number of aromatic hydroxyl groups is 2. The number of phenolic OH excluding ortho intramolecular Hbond substituents is 2. The van der Waals surface area contributed by atoms with Crippen molar-refractivity contribution in [1.82, 2.24) is 0 Å². The maximum absolute atomic E-state index is 15.1. The minimum absolute atomic E-state index is 0.0584. The van der Waals surface area contributed by atoms with Gasteiger partial charge in [0.2, 0.25) is 6.29 Å². The molecule has 26 heteroatoms. The number of hydrogen-bond acceptors (Lipinski definition) is 26. The third kappa shape index (κ3) is 14.0. The molecule has 0 saturated carbocycles. The fraction of sp³-hybridized carbons (Fsp3) is 0.759. The number of aliphatic hydroxyl groups is 7. The van der Waals surface area contributed by atoms with Crippen molar-refractivity contribution in [3.05, 3.63) is 28.8 Å². The average molecular weight is 1200 g/mol. The predicted molar refractivity (Wildman–Crippen MR) is 287 cm³/mol. The van der Waals surface area contributed by atoms with E-state index in [1.165, 1.54) is 53.9 Å². The lowest BCUT2D eigenvalue weighted by Gasteiger charge is -2.47. The molecule has 5 saturated heterocycles. The molecule has 0 radical (unpaired) electrons. The molecule has 5 aliphatic heterocycles. The van der Waals surface area contributed by atoms with Gasteiger partial charge in [-0.05, 0) is 84.9 Å². The quantitative estimate of drug-likeness (QED) is 0.0956. The van der Waals surface area contributed by atoms with Gasteiger partial charge in [0.15, 0.2) is 48.9 Å². The number of phenols is 2. The highest BCUT2D eigenvalue weighted by atomic mass is 16.7. The largest absolute Gasteiger partial charge is 0.507 e. The van der Waals surface area contributed by atoms with Crippen molar-refractivity contribution in [2.24, 2.45) is 11.8 Å². The highest BCUT2D eigenvalue weighted by molar-refractivity contribution is 6.11. The summed E-state index contributed by atoms with van der Waals surface area (Å²) < 4.78 is 78.8. The van der Waals surface area contributed by atoms with E-state index < -0.39 is 194 Å². The lowest BCUT2D eigenvalue weighted by Crippen LogP contribution is -2.59. The van der Waals surface area contributed by atoms with Crippen molar-refractivity contribution in [2.75, 3.05) is 7.11 Å². The van der Waals surface area contributed by atoms with Crippen LogP contribution in [0.2, 0.25) is 0 Å². The van der Waals surface area contributed by atoms with Gasteiger partial charge in [0.1, 0.15) is 65.6 Å². The summed E-state index contributed by atoms with van der Waals surface area (Å²) in [7, 11) is 1.18. The van der Waals surface area contributed by atoms with Gasteiger partial charge in [0, 0.05) is 57.6 Å². The number of rotatable bonds is 18. The summed E-state index contributed by atoms with van der Waals surface area (Å²) in [5.41, 5.74) is -1.56. The molecule has 1 unspecified atom stereocenters. The van der Waals surface area contributed by atoms with Crippen molar-refractivity contribution in [1.29, 1.82) is 0 Å². The van der Waals surface area contributed by atoms with Crippen LogP contribution in [0.15, 0.2) is 12.1 Å². The summed E-state index contributed by atoms with van der Waals surface area (Å²) >= 11 is 0. The summed E-state index contributed by atoms with van der Waals surface area (Å²) in [6, 6.07) is 3.01. The first-order valence-electron chi connectivity index (χ1n) is 28.7. The molecular formula is C58H84O26. The molecule has 0 bridgehead atoms. The fourth-order valence-electron chi connectivity index (χ4n) is 12.2. The van der Waals surface area contributed by atoms with Crippen molar-refractivity contribution >= 4 is 34.3 Å². The number of carbonyl (C=O) groups excluding carboxylic acids is 4. The Kier molecular flexibility index (Phi) is 20.8. The van der Waals surface area contributed by atoms with E-state index in [0.29, 0.717) is 0 Å². The second kappa shape index (κ2) is 26.6. The van der Waals surface area contributed by atoms with E-state index in [4.69, 9.17) is 61.6 Å². The molecule has 2 aromatic carbocycles. The number of esters is 2. The van der Waals surface area contributed by atoms with E-state index in [1.807, 2.05) is 0 Å². The van der Waals surface area contributed by atoms with Crippen LogP contribution in [0.25, 0.3) is 10.8 Å². The van der Waals surface area contributed by atoms with Gasteiger partial charge in [-0.15, -0.1) is 0 Å². The van der Waals surface area contributed by atoms with Gasteiger partial charge in [0.25, 0.3) is 0 Å². The maximum Gasteiger partial charge on any atom is 0.308 e. The van der Waals surface area contributed by atoms with Crippen molar-refractivity contribution in [3.63, 3.8) is 0 Å². The summed E-state index contributed by atoms with van der Waals surface area (Å²) in [4.78, 5) is 53.8. The Labute approximate surface area is 486 Å². The summed E-state index contributed by atoms with van der Waals surface area (Å²) in [5.74, 6) is -5.77. The van der Waals surface area contributed by atoms with Gasteiger partial charge < -0.3 is 108 Å². The third-order valence-corrected chi connectivity index (χ3v) is 16.8. The Morgan fingerprint density at radius 3 is 1.79 bits per heavy atom. The third-order valence-electron chi connectivity index (χ3n) is 16.8. The van der Waals surface area contributed by atoms with Crippen molar-refractivity contribution in [2.45, 2.75) is 262 Å². The van der Waals surface area contributed by atoms with Crippen LogP contribution in [-0.2, 0) is 77.6 Å². The number of methoxy groups -OCH3 is 1. The Balaban J connectivity index is 1.03.